The lowest BCUT2D eigenvalue weighted by molar-refractivity contribution is 0.532. The van der Waals surface area contributed by atoms with E-state index in [9.17, 15) is 0 Å². The predicted octanol–water partition coefficient (Wildman–Crippen LogP) is 1.63. The Morgan fingerprint density at radius 1 is 1.39 bits per heavy atom. The zero-order valence-electron chi connectivity index (χ0n) is 10.2. The van der Waals surface area contributed by atoms with Gasteiger partial charge in [0.1, 0.15) is 10.7 Å². The maximum Gasteiger partial charge on any atom is 0.159 e. The highest BCUT2D eigenvalue weighted by Gasteiger charge is 2.09. The number of nitrogens with zero attached hydrogens (tertiary/aromatic N) is 4. The fourth-order valence-electron chi connectivity index (χ4n) is 1.43. The summed E-state index contributed by atoms with van der Waals surface area (Å²) >= 11 is 4.93. The highest BCUT2D eigenvalue weighted by molar-refractivity contribution is 7.80. The number of nitrogens with one attached hydrogen (secondary N) is 1. The Hall–Kier alpha value is -2.02. The van der Waals surface area contributed by atoms with Gasteiger partial charge in [-0.3, -0.25) is 4.68 Å². The second-order valence-electron chi connectivity index (χ2n) is 4.05. The highest BCUT2D eigenvalue weighted by atomic mass is 32.1. The van der Waals surface area contributed by atoms with Crippen molar-refractivity contribution in [1.29, 1.82) is 0 Å². The summed E-state index contributed by atoms with van der Waals surface area (Å²) in [4.78, 5) is 8.48. The summed E-state index contributed by atoms with van der Waals surface area (Å²) in [7, 11) is 0. The summed E-state index contributed by atoms with van der Waals surface area (Å²) < 4.78 is 1.85. The van der Waals surface area contributed by atoms with Crippen LogP contribution in [-0.2, 0) is 0 Å². The summed E-state index contributed by atoms with van der Waals surface area (Å²) in [6.07, 6.45) is 6.74. The third-order valence-electron chi connectivity index (χ3n) is 2.32. The molecule has 6 nitrogen and oxygen atoms in total. The first kappa shape index (κ1) is 12.4. The van der Waals surface area contributed by atoms with E-state index in [0.29, 0.717) is 17.6 Å². The maximum atomic E-state index is 5.59. The number of nitrogens with two attached hydrogens (primary N) is 1. The van der Waals surface area contributed by atoms with Gasteiger partial charge in [0.15, 0.2) is 5.82 Å². The molecule has 2 heterocycles. The monoisotopic (exact) mass is 262 g/mol. The van der Waals surface area contributed by atoms with E-state index in [0.717, 1.165) is 5.69 Å². The van der Waals surface area contributed by atoms with Gasteiger partial charge in [-0.15, -0.1) is 0 Å². The van der Waals surface area contributed by atoms with Crippen LogP contribution in [0.25, 0.3) is 0 Å². The first-order valence-corrected chi connectivity index (χ1v) is 5.90. The van der Waals surface area contributed by atoms with Crippen molar-refractivity contribution in [2.45, 2.75) is 19.9 Å². The normalized spacial score (nSPS) is 10.6. The molecule has 0 aliphatic carbocycles. The topological polar surface area (TPSA) is 81.7 Å². The Kier molecular flexibility index (Phi) is 3.52. The number of hydrogen-bond donors (Lipinski definition) is 2. The van der Waals surface area contributed by atoms with E-state index >= 15 is 0 Å². The molecule has 0 unspecified atom stereocenters. The van der Waals surface area contributed by atoms with Crippen molar-refractivity contribution in [3.63, 3.8) is 0 Å². The van der Waals surface area contributed by atoms with Crippen LogP contribution in [0.1, 0.15) is 25.6 Å². The first-order chi connectivity index (χ1) is 8.58. The minimum Gasteiger partial charge on any atom is -0.388 e. The van der Waals surface area contributed by atoms with Crippen LogP contribution >= 0.6 is 12.2 Å². The summed E-state index contributed by atoms with van der Waals surface area (Å²) in [6.45, 7) is 4.11. The zero-order valence-corrected chi connectivity index (χ0v) is 11.0. The minimum absolute atomic E-state index is 0.210. The van der Waals surface area contributed by atoms with Gasteiger partial charge in [-0.25, -0.2) is 9.97 Å². The van der Waals surface area contributed by atoms with Gasteiger partial charge in [0.25, 0.3) is 0 Å². The summed E-state index contributed by atoms with van der Waals surface area (Å²) in [5, 5.41) is 7.33. The highest BCUT2D eigenvalue weighted by Crippen LogP contribution is 2.17. The Morgan fingerprint density at radius 2 is 2.11 bits per heavy atom. The van der Waals surface area contributed by atoms with E-state index < -0.39 is 0 Å². The van der Waals surface area contributed by atoms with Crippen LogP contribution < -0.4 is 11.1 Å². The van der Waals surface area contributed by atoms with Crippen LogP contribution in [0.5, 0.6) is 0 Å². The molecule has 0 spiro atoms. The molecule has 18 heavy (non-hydrogen) atoms. The third kappa shape index (κ3) is 2.62. The van der Waals surface area contributed by atoms with E-state index in [1.807, 2.05) is 10.9 Å². The summed E-state index contributed by atoms with van der Waals surface area (Å²) in [5.41, 5.74) is 6.89. The van der Waals surface area contributed by atoms with Crippen LogP contribution in [0.4, 0.5) is 11.5 Å². The molecule has 2 rings (SSSR count). The lowest BCUT2D eigenvalue weighted by Crippen LogP contribution is -2.14. The van der Waals surface area contributed by atoms with Crippen molar-refractivity contribution in [3.05, 3.63) is 30.5 Å². The molecule has 7 heteroatoms. The molecule has 94 valence electrons. The average molecular weight is 262 g/mol. The van der Waals surface area contributed by atoms with Gasteiger partial charge in [0.05, 0.1) is 11.9 Å². The molecule has 3 N–H and O–H groups in total. The largest absolute Gasteiger partial charge is 0.388 e. The van der Waals surface area contributed by atoms with Crippen molar-refractivity contribution < 1.29 is 0 Å². The van der Waals surface area contributed by atoms with Crippen LogP contribution in [0.3, 0.4) is 0 Å². The molecule has 0 aliphatic rings. The van der Waals surface area contributed by atoms with Crippen LogP contribution in [-0.4, -0.2) is 24.7 Å². The standard InChI is InChI=1S/C11H14N6S/c1-7(2)17-6-8(5-15-17)16-11-9(10(12)18)13-3-4-14-11/h3-7H,1-2H3,(H2,12,18)(H,14,16). The van der Waals surface area contributed by atoms with Gasteiger partial charge in [-0.2, -0.15) is 5.10 Å². The quantitative estimate of drug-likeness (QED) is 0.815. The van der Waals surface area contributed by atoms with E-state index in [1.165, 1.54) is 0 Å². The Morgan fingerprint density at radius 3 is 2.72 bits per heavy atom. The molecule has 0 aliphatic heterocycles. The van der Waals surface area contributed by atoms with Gasteiger partial charge in [-0.05, 0) is 13.8 Å². The van der Waals surface area contributed by atoms with E-state index in [4.69, 9.17) is 18.0 Å². The van der Waals surface area contributed by atoms with Crippen LogP contribution in [0.2, 0.25) is 0 Å². The number of thiocarbonyl (C=S) groups is 1. The Labute approximate surface area is 110 Å². The Bertz CT molecular complexity index is 562. The molecule has 0 saturated heterocycles. The van der Waals surface area contributed by atoms with Gasteiger partial charge >= 0.3 is 0 Å². The van der Waals surface area contributed by atoms with Crippen molar-refractivity contribution in [3.8, 4) is 0 Å². The second kappa shape index (κ2) is 5.09. The molecular formula is C11H14N6S. The molecule has 0 saturated carbocycles. The lowest BCUT2D eigenvalue weighted by atomic mass is 10.4. The van der Waals surface area contributed by atoms with Gasteiger partial charge in [0.2, 0.25) is 0 Å². The Balaban J connectivity index is 2.25. The predicted molar refractivity (Wildman–Crippen MR) is 73.8 cm³/mol. The van der Waals surface area contributed by atoms with E-state index in [-0.39, 0.29) is 4.99 Å². The number of anilines is 2. The minimum atomic E-state index is 0.210. The molecular weight excluding hydrogens is 248 g/mol. The number of rotatable bonds is 4. The van der Waals surface area contributed by atoms with Crippen LogP contribution in [0.15, 0.2) is 24.8 Å². The SMILES string of the molecule is CC(C)n1cc(Nc2nccnc2C(N)=S)cn1. The van der Waals surface area contributed by atoms with Crippen LogP contribution in [0, 0.1) is 0 Å². The van der Waals surface area contributed by atoms with Crippen molar-refractivity contribution in [1.82, 2.24) is 19.7 Å². The molecule has 2 aromatic heterocycles. The molecule has 0 fully saturated rings. The summed E-state index contributed by atoms with van der Waals surface area (Å²) in [5.74, 6) is 0.535. The third-order valence-corrected chi connectivity index (χ3v) is 2.52. The van der Waals surface area contributed by atoms with E-state index in [1.54, 1.807) is 18.6 Å². The molecule has 0 radical (unpaired) electrons. The molecule has 2 aromatic rings. The zero-order chi connectivity index (χ0) is 13.1. The van der Waals surface area contributed by atoms with Crippen molar-refractivity contribution in [2.75, 3.05) is 5.32 Å². The molecule has 0 aromatic carbocycles. The fraction of sp³-hybridized carbons (Fsp3) is 0.273. The van der Waals surface area contributed by atoms with Crippen molar-refractivity contribution in [2.24, 2.45) is 5.73 Å². The van der Waals surface area contributed by atoms with Gasteiger partial charge in [-0.1, -0.05) is 12.2 Å². The molecule has 0 bridgehead atoms. The maximum absolute atomic E-state index is 5.59. The lowest BCUT2D eigenvalue weighted by Gasteiger charge is -2.07. The first-order valence-electron chi connectivity index (χ1n) is 5.50. The summed E-state index contributed by atoms with van der Waals surface area (Å²) in [6, 6.07) is 0.303. The average Bonchev–Trinajstić information content (AvgIpc) is 2.78. The van der Waals surface area contributed by atoms with E-state index in [2.05, 4.69) is 34.2 Å². The molecule has 0 atom stereocenters. The van der Waals surface area contributed by atoms with Crippen molar-refractivity contribution >= 4 is 28.7 Å². The molecule has 0 amide bonds. The number of hydrogen-bond acceptors (Lipinski definition) is 5. The fourth-order valence-corrected chi connectivity index (χ4v) is 1.58. The number of aromatic nitrogens is 4. The van der Waals surface area contributed by atoms with Gasteiger partial charge < -0.3 is 11.1 Å². The smallest absolute Gasteiger partial charge is 0.159 e. The second-order valence-corrected chi connectivity index (χ2v) is 4.49. The van der Waals surface area contributed by atoms with Gasteiger partial charge in [0, 0.05) is 24.6 Å².